The van der Waals surface area contributed by atoms with Gasteiger partial charge in [-0.15, -0.1) is 0 Å². The highest BCUT2D eigenvalue weighted by molar-refractivity contribution is 7.89. The number of piperidine rings is 1. The Morgan fingerprint density at radius 3 is 2.00 bits per heavy atom. The van der Waals surface area contributed by atoms with Gasteiger partial charge in [0.15, 0.2) is 5.79 Å². The predicted octanol–water partition coefficient (Wildman–Crippen LogP) is 2.23. The zero-order valence-electron chi connectivity index (χ0n) is 12.2. The Morgan fingerprint density at radius 1 is 1.00 bits per heavy atom. The zero-order valence-corrected chi connectivity index (χ0v) is 13.0. The van der Waals surface area contributed by atoms with E-state index in [1.807, 2.05) is 0 Å². The van der Waals surface area contributed by atoms with Crippen molar-refractivity contribution in [1.29, 1.82) is 0 Å². The van der Waals surface area contributed by atoms with Crippen LogP contribution in [-0.4, -0.2) is 44.8 Å². The Labute approximate surface area is 132 Å². The predicted molar refractivity (Wildman–Crippen MR) is 74.1 cm³/mol. The average molecular weight is 351 g/mol. The van der Waals surface area contributed by atoms with Crippen molar-refractivity contribution >= 4 is 10.0 Å². The van der Waals surface area contributed by atoms with Gasteiger partial charge in [-0.25, -0.2) is 8.42 Å². The van der Waals surface area contributed by atoms with Crippen molar-refractivity contribution in [3.05, 3.63) is 29.8 Å². The van der Waals surface area contributed by atoms with Gasteiger partial charge in [0.25, 0.3) is 0 Å². The summed E-state index contributed by atoms with van der Waals surface area (Å²) in [5, 5.41) is 0. The summed E-state index contributed by atoms with van der Waals surface area (Å²) in [5.41, 5.74) is -0.873. The van der Waals surface area contributed by atoms with E-state index in [2.05, 4.69) is 0 Å². The second-order valence-corrected chi connectivity index (χ2v) is 7.47. The summed E-state index contributed by atoms with van der Waals surface area (Å²) in [4.78, 5) is -0.144. The number of ether oxygens (including phenoxy) is 2. The minimum Gasteiger partial charge on any atom is -0.347 e. The fourth-order valence-electron chi connectivity index (χ4n) is 2.82. The topological polar surface area (TPSA) is 55.8 Å². The molecule has 3 rings (SSSR count). The van der Waals surface area contributed by atoms with Crippen molar-refractivity contribution < 1.29 is 31.1 Å². The lowest BCUT2D eigenvalue weighted by Crippen LogP contribution is -2.47. The minimum absolute atomic E-state index is 0.144. The Hall–Kier alpha value is -1.16. The van der Waals surface area contributed by atoms with Gasteiger partial charge >= 0.3 is 6.18 Å². The average Bonchev–Trinajstić information content (AvgIpc) is 2.95. The molecule has 5 nitrogen and oxygen atoms in total. The van der Waals surface area contributed by atoms with Crippen LogP contribution in [0.25, 0.3) is 0 Å². The van der Waals surface area contributed by atoms with Crippen LogP contribution in [-0.2, 0) is 25.7 Å². The van der Waals surface area contributed by atoms with Gasteiger partial charge in [0, 0.05) is 25.9 Å². The molecule has 2 saturated heterocycles. The molecule has 2 fully saturated rings. The quantitative estimate of drug-likeness (QED) is 0.820. The van der Waals surface area contributed by atoms with Crippen molar-refractivity contribution in [2.24, 2.45) is 0 Å². The van der Waals surface area contributed by atoms with Gasteiger partial charge in [-0.3, -0.25) is 0 Å². The second-order valence-electron chi connectivity index (χ2n) is 5.53. The molecule has 1 spiro atoms. The molecule has 0 aliphatic carbocycles. The monoisotopic (exact) mass is 351 g/mol. The zero-order chi connectivity index (χ0) is 16.7. The van der Waals surface area contributed by atoms with Crippen LogP contribution in [0.4, 0.5) is 13.2 Å². The summed E-state index contributed by atoms with van der Waals surface area (Å²) in [6.45, 7) is 1.41. The van der Waals surface area contributed by atoms with E-state index in [0.29, 0.717) is 26.1 Å². The van der Waals surface area contributed by atoms with Crippen LogP contribution in [0.15, 0.2) is 29.2 Å². The Kier molecular flexibility index (Phi) is 4.16. The standard InChI is InChI=1S/C14H16F3NO4S/c15-14(16,17)11-1-3-12(4-2-11)23(19,20)18-7-5-13(6-8-18)21-9-10-22-13/h1-4H,5-10H2. The molecule has 2 aliphatic heterocycles. The first-order chi connectivity index (χ1) is 10.7. The van der Waals surface area contributed by atoms with E-state index in [0.717, 1.165) is 24.3 Å². The number of rotatable bonds is 2. The number of hydrogen-bond donors (Lipinski definition) is 0. The van der Waals surface area contributed by atoms with Crippen molar-refractivity contribution in [1.82, 2.24) is 4.31 Å². The van der Waals surface area contributed by atoms with Gasteiger partial charge in [-0.1, -0.05) is 0 Å². The lowest BCUT2D eigenvalue weighted by molar-refractivity contribution is -0.179. The van der Waals surface area contributed by atoms with Crippen LogP contribution >= 0.6 is 0 Å². The number of nitrogens with zero attached hydrogens (tertiary/aromatic N) is 1. The molecule has 0 unspecified atom stereocenters. The summed E-state index contributed by atoms with van der Waals surface area (Å²) in [6.07, 6.45) is -3.67. The van der Waals surface area contributed by atoms with Crippen molar-refractivity contribution in [3.8, 4) is 0 Å². The van der Waals surface area contributed by atoms with Gasteiger partial charge in [0.1, 0.15) is 0 Å². The fourth-order valence-corrected chi connectivity index (χ4v) is 4.26. The van der Waals surface area contributed by atoms with E-state index in [4.69, 9.17) is 9.47 Å². The SMILES string of the molecule is O=S(=O)(c1ccc(C(F)(F)F)cc1)N1CCC2(CC1)OCCO2. The molecular weight excluding hydrogens is 335 g/mol. The molecular formula is C14H16F3NO4S. The number of benzene rings is 1. The van der Waals surface area contributed by atoms with E-state index in [-0.39, 0.29) is 18.0 Å². The first kappa shape index (κ1) is 16.7. The molecule has 128 valence electrons. The maximum atomic E-state index is 12.6. The van der Waals surface area contributed by atoms with Gasteiger partial charge in [-0.05, 0) is 24.3 Å². The highest BCUT2D eigenvalue weighted by Crippen LogP contribution is 2.34. The van der Waals surface area contributed by atoms with Crippen LogP contribution in [0.1, 0.15) is 18.4 Å². The molecule has 0 atom stereocenters. The van der Waals surface area contributed by atoms with Crippen LogP contribution in [0, 0.1) is 0 Å². The number of sulfonamides is 1. The van der Waals surface area contributed by atoms with E-state index < -0.39 is 27.6 Å². The molecule has 0 radical (unpaired) electrons. The van der Waals surface area contributed by atoms with Gasteiger partial charge < -0.3 is 9.47 Å². The van der Waals surface area contributed by atoms with Crippen LogP contribution in [0.2, 0.25) is 0 Å². The molecule has 0 N–H and O–H groups in total. The molecule has 9 heteroatoms. The van der Waals surface area contributed by atoms with Crippen LogP contribution in [0.5, 0.6) is 0 Å². The Morgan fingerprint density at radius 2 is 1.52 bits per heavy atom. The van der Waals surface area contributed by atoms with E-state index >= 15 is 0 Å². The molecule has 0 aromatic heterocycles. The summed E-state index contributed by atoms with van der Waals surface area (Å²) < 4.78 is 75.0. The molecule has 0 saturated carbocycles. The molecule has 0 bridgehead atoms. The first-order valence-electron chi connectivity index (χ1n) is 7.18. The Bertz CT molecular complexity index is 656. The number of halogens is 3. The summed E-state index contributed by atoms with van der Waals surface area (Å²) in [7, 11) is -3.82. The summed E-state index contributed by atoms with van der Waals surface area (Å²) >= 11 is 0. The van der Waals surface area contributed by atoms with Crippen molar-refractivity contribution in [2.45, 2.75) is 29.7 Å². The molecule has 2 aliphatic rings. The maximum Gasteiger partial charge on any atom is 0.416 e. The number of alkyl halides is 3. The molecule has 1 aromatic rings. The lowest BCUT2D eigenvalue weighted by Gasteiger charge is -2.36. The Balaban J connectivity index is 1.74. The second kappa shape index (κ2) is 5.73. The van der Waals surface area contributed by atoms with Crippen LogP contribution < -0.4 is 0 Å². The number of hydrogen-bond acceptors (Lipinski definition) is 4. The molecule has 2 heterocycles. The lowest BCUT2D eigenvalue weighted by atomic mass is 10.1. The highest BCUT2D eigenvalue weighted by Gasteiger charge is 2.42. The summed E-state index contributed by atoms with van der Waals surface area (Å²) in [5.74, 6) is -0.702. The largest absolute Gasteiger partial charge is 0.416 e. The van der Waals surface area contributed by atoms with E-state index in [9.17, 15) is 21.6 Å². The fraction of sp³-hybridized carbons (Fsp3) is 0.571. The first-order valence-corrected chi connectivity index (χ1v) is 8.62. The third kappa shape index (κ3) is 3.23. The normalized spacial score (nSPS) is 22.6. The molecule has 1 aromatic carbocycles. The molecule has 0 amide bonds. The van der Waals surface area contributed by atoms with Gasteiger partial charge in [0.2, 0.25) is 10.0 Å². The van der Waals surface area contributed by atoms with Crippen molar-refractivity contribution in [3.63, 3.8) is 0 Å². The van der Waals surface area contributed by atoms with Gasteiger partial charge in [-0.2, -0.15) is 17.5 Å². The third-order valence-corrected chi connectivity index (χ3v) is 6.03. The third-order valence-electron chi connectivity index (χ3n) is 4.12. The summed E-state index contributed by atoms with van der Waals surface area (Å²) in [6, 6.07) is 3.54. The van der Waals surface area contributed by atoms with Crippen LogP contribution in [0.3, 0.4) is 0 Å². The maximum absolute atomic E-state index is 12.6. The van der Waals surface area contributed by atoms with Gasteiger partial charge in [0.05, 0.1) is 23.7 Å². The van der Waals surface area contributed by atoms with E-state index in [1.54, 1.807) is 0 Å². The highest BCUT2D eigenvalue weighted by atomic mass is 32.2. The smallest absolute Gasteiger partial charge is 0.347 e. The van der Waals surface area contributed by atoms with Crippen molar-refractivity contribution in [2.75, 3.05) is 26.3 Å². The van der Waals surface area contributed by atoms with E-state index in [1.165, 1.54) is 4.31 Å². The minimum atomic E-state index is -4.49. The molecule has 23 heavy (non-hydrogen) atoms.